The molecule has 0 aliphatic carbocycles. The van der Waals surface area contributed by atoms with Crippen LogP contribution in [0.2, 0.25) is 5.02 Å². The lowest BCUT2D eigenvalue weighted by Gasteiger charge is -2.36. The van der Waals surface area contributed by atoms with Crippen LogP contribution in [0, 0.1) is 5.82 Å². The van der Waals surface area contributed by atoms with Crippen molar-refractivity contribution in [3.05, 3.63) is 53.4 Å². The second-order valence-electron chi connectivity index (χ2n) is 8.98. The van der Waals surface area contributed by atoms with E-state index in [2.05, 4.69) is 50.6 Å². The highest BCUT2D eigenvalue weighted by Crippen LogP contribution is 2.34. The summed E-state index contributed by atoms with van der Waals surface area (Å²) in [5.41, 5.74) is 2.28. The molecule has 37 heavy (non-hydrogen) atoms. The van der Waals surface area contributed by atoms with Crippen molar-refractivity contribution in [1.29, 1.82) is 0 Å². The summed E-state index contributed by atoms with van der Waals surface area (Å²) in [4.78, 5) is 13.8. The summed E-state index contributed by atoms with van der Waals surface area (Å²) < 4.78 is 31.9. The first kappa shape index (κ1) is 27.1. The van der Waals surface area contributed by atoms with E-state index < -0.39 is 16.6 Å². The van der Waals surface area contributed by atoms with E-state index in [0.29, 0.717) is 45.6 Å². The molecule has 1 fully saturated rings. The molecule has 1 atom stereocenters. The molecule has 4 rings (SSSR count). The Labute approximate surface area is 224 Å². The molecule has 2 aromatic carbocycles. The second-order valence-corrected chi connectivity index (χ2v) is 11.1. The van der Waals surface area contributed by atoms with Gasteiger partial charge in [0, 0.05) is 36.6 Å². The smallest absolute Gasteiger partial charge is 0.229 e. The van der Waals surface area contributed by atoms with Crippen molar-refractivity contribution >= 4 is 51.2 Å². The molecule has 3 aromatic rings. The molecule has 0 spiro atoms. The maximum Gasteiger partial charge on any atom is 0.229 e. The van der Waals surface area contributed by atoms with Crippen LogP contribution < -0.4 is 20.3 Å². The largest absolute Gasteiger partial charge is 0.494 e. The predicted octanol–water partition coefficient (Wildman–Crippen LogP) is 5.42. The third kappa shape index (κ3) is 6.49. The van der Waals surface area contributed by atoms with Crippen LogP contribution in [0.3, 0.4) is 0 Å². The molecule has 1 aromatic heterocycles. The summed E-state index contributed by atoms with van der Waals surface area (Å²) in [7, 11) is 4.52. The molecule has 1 aliphatic rings. The Morgan fingerprint density at radius 2 is 1.89 bits per heavy atom. The lowest BCUT2D eigenvalue weighted by molar-refractivity contribution is 0.249. The van der Waals surface area contributed by atoms with Gasteiger partial charge in [-0.15, -0.1) is 0 Å². The zero-order chi connectivity index (χ0) is 26.5. The van der Waals surface area contributed by atoms with Gasteiger partial charge in [-0.3, -0.25) is 4.21 Å². The number of ether oxygens (including phenoxy) is 1. The Kier molecular flexibility index (Phi) is 8.83. The lowest BCUT2D eigenvalue weighted by atomic mass is 10.0. The Hall–Kier alpha value is -2.95. The van der Waals surface area contributed by atoms with E-state index in [-0.39, 0.29) is 5.02 Å². The summed E-state index contributed by atoms with van der Waals surface area (Å²) in [5, 5.41) is 6.54. The minimum Gasteiger partial charge on any atom is -0.494 e. The number of aromatic nitrogens is 2. The number of nitrogens with one attached hydrogen (secondary N) is 2. The van der Waals surface area contributed by atoms with Crippen LogP contribution in [0.1, 0.15) is 19.8 Å². The molecule has 1 saturated heterocycles. The first-order valence-electron chi connectivity index (χ1n) is 12.1. The quantitative estimate of drug-likeness (QED) is 0.368. The molecular formula is C26H32ClFN6O2S. The normalized spacial score (nSPS) is 15.1. The van der Waals surface area contributed by atoms with E-state index in [1.54, 1.807) is 14.0 Å². The van der Waals surface area contributed by atoms with Crippen LogP contribution in [0.15, 0.2) is 47.5 Å². The second kappa shape index (κ2) is 12.1. The highest BCUT2D eigenvalue weighted by atomic mass is 35.5. The van der Waals surface area contributed by atoms with Gasteiger partial charge >= 0.3 is 0 Å². The van der Waals surface area contributed by atoms with Crippen molar-refractivity contribution in [2.24, 2.45) is 0 Å². The van der Waals surface area contributed by atoms with E-state index in [1.807, 2.05) is 12.1 Å². The first-order chi connectivity index (χ1) is 17.8. The Morgan fingerprint density at radius 1 is 1.16 bits per heavy atom. The van der Waals surface area contributed by atoms with Gasteiger partial charge in [-0.05, 0) is 57.3 Å². The Balaban J connectivity index is 1.53. The summed E-state index contributed by atoms with van der Waals surface area (Å²) in [6, 6.07) is 10.7. The predicted molar refractivity (Wildman–Crippen MR) is 149 cm³/mol. The molecule has 0 radical (unpaired) electrons. The Bertz CT molecular complexity index is 1270. The number of benzene rings is 2. The number of nitrogens with zero attached hydrogens (tertiary/aromatic N) is 4. The third-order valence-corrected chi connectivity index (χ3v) is 8.07. The van der Waals surface area contributed by atoms with Crippen molar-refractivity contribution < 1.29 is 13.3 Å². The van der Waals surface area contributed by atoms with Gasteiger partial charge in [0.1, 0.15) is 16.6 Å². The fourth-order valence-corrected chi connectivity index (χ4v) is 5.38. The number of hydrogen-bond donors (Lipinski definition) is 2. The summed E-state index contributed by atoms with van der Waals surface area (Å²) in [6.07, 6.45) is 3.70. The van der Waals surface area contributed by atoms with Crippen LogP contribution in [-0.2, 0) is 10.8 Å². The minimum absolute atomic E-state index is 0.270. The monoisotopic (exact) mass is 546 g/mol. The minimum atomic E-state index is -1.37. The van der Waals surface area contributed by atoms with E-state index in [4.69, 9.17) is 16.3 Å². The summed E-state index contributed by atoms with van der Waals surface area (Å²) in [6.45, 7) is 3.75. The van der Waals surface area contributed by atoms with Gasteiger partial charge in [0.25, 0.3) is 0 Å². The van der Waals surface area contributed by atoms with Gasteiger partial charge < -0.3 is 25.2 Å². The van der Waals surface area contributed by atoms with Gasteiger partial charge in [0.15, 0.2) is 5.82 Å². The molecular weight excluding hydrogens is 515 g/mol. The van der Waals surface area contributed by atoms with Crippen LogP contribution in [0.4, 0.5) is 33.2 Å². The third-order valence-electron chi connectivity index (χ3n) is 6.44. The van der Waals surface area contributed by atoms with Crippen molar-refractivity contribution in [2.75, 3.05) is 55.6 Å². The number of rotatable bonds is 9. The molecule has 11 heteroatoms. The molecule has 0 bridgehead atoms. The zero-order valence-corrected chi connectivity index (χ0v) is 23.0. The average molecular weight is 547 g/mol. The molecule has 0 saturated carbocycles. The van der Waals surface area contributed by atoms with Gasteiger partial charge in [0.05, 0.1) is 40.4 Å². The van der Waals surface area contributed by atoms with Crippen LogP contribution in [0.5, 0.6) is 5.75 Å². The van der Waals surface area contributed by atoms with E-state index >= 15 is 0 Å². The molecule has 1 unspecified atom stereocenters. The zero-order valence-electron chi connectivity index (χ0n) is 21.4. The number of hydrogen-bond acceptors (Lipinski definition) is 8. The number of halogens is 2. The van der Waals surface area contributed by atoms with Crippen molar-refractivity contribution in [2.45, 2.75) is 30.7 Å². The van der Waals surface area contributed by atoms with Crippen molar-refractivity contribution in [3.63, 3.8) is 0 Å². The molecule has 8 nitrogen and oxygen atoms in total. The van der Waals surface area contributed by atoms with Gasteiger partial charge in [-0.2, -0.15) is 4.98 Å². The average Bonchev–Trinajstić information content (AvgIpc) is 2.91. The van der Waals surface area contributed by atoms with Gasteiger partial charge in [0.2, 0.25) is 5.95 Å². The Morgan fingerprint density at radius 3 is 2.57 bits per heavy atom. The van der Waals surface area contributed by atoms with Crippen LogP contribution >= 0.6 is 11.6 Å². The SMILES string of the molecule is CCS(=O)c1cc(F)ccc1Nc1nc(Nc2ccc(N3CCC(N(C)C)CC3)cc2OC)ncc1Cl. The maximum absolute atomic E-state index is 13.8. The van der Waals surface area contributed by atoms with Crippen molar-refractivity contribution in [1.82, 2.24) is 14.9 Å². The number of methoxy groups -OCH3 is 1. The number of anilines is 5. The van der Waals surface area contributed by atoms with E-state index in [1.165, 1.54) is 24.4 Å². The number of piperidine rings is 1. The van der Waals surface area contributed by atoms with Gasteiger partial charge in [-0.1, -0.05) is 18.5 Å². The lowest BCUT2D eigenvalue weighted by Crippen LogP contribution is -2.41. The maximum atomic E-state index is 13.8. The fraction of sp³-hybridized carbons (Fsp3) is 0.385. The standard InChI is InChI=1S/C26H32ClFN6O2S/c1-5-37(35)24-14-17(28)6-8-22(24)30-25-20(27)16-29-26(32-25)31-21-9-7-19(15-23(21)36-4)34-12-10-18(11-13-34)33(2)3/h6-9,14-16,18H,5,10-13H2,1-4H3,(H2,29,30,31,32). The highest BCUT2D eigenvalue weighted by molar-refractivity contribution is 7.85. The molecule has 0 amide bonds. The van der Waals surface area contributed by atoms with Crippen LogP contribution in [0.25, 0.3) is 0 Å². The van der Waals surface area contributed by atoms with E-state index in [0.717, 1.165) is 31.6 Å². The van der Waals surface area contributed by atoms with Crippen molar-refractivity contribution in [3.8, 4) is 5.75 Å². The molecule has 2 heterocycles. The molecule has 2 N–H and O–H groups in total. The topological polar surface area (TPSA) is 82.6 Å². The molecule has 1 aliphatic heterocycles. The fourth-order valence-electron chi connectivity index (χ4n) is 4.33. The summed E-state index contributed by atoms with van der Waals surface area (Å²) >= 11 is 6.34. The highest BCUT2D eigenvalue weighted by Gasteiger charge is 2.22. The van der Waals surface area contributed by atoms with Gasteiger partial charge in [-0.25, -0.2) is 9.37 Å². The van der Waals surface area contributed by atoms with E-state index in [9.17, 15) is 8.60 Å². The van der Waals surface area contributed by atoms with Crippen LogP contribution in [-0.4, -0.2) is 65.2 Å². The summed E-state index contributed by atoms with van der Waals surface area (Å²) in [5.74, 6) is 1.16. The molecule has 198 valence electrons. The first-order valence-corrected chi connectivity index (χ1v) is 13.8.